The number of benzene rings is 1. The zero-order chi connectivity index (χ0) is 16.2. The summed E-state index contributed by atoms with van der Waals surface area (Å²) < 4.78 is 1.05. The molecule has 0 aliphatic carbocycles. The number of anilines is 2. The SMILES string of the molecule is Cc1ccc(Nc2ccc(C(=O)N3CCCCC3)cn2)cc1Br. The Balaban J connectivity index is 1.68. The molecule has 0 spiro atoms. The Labute approximate surface area is 145 Å². The third kappa shape index (κ3) is 3.91. The number of rotatable bonds is 3. The van der Waals surface area contributed by atoms with Gasteiger partial charge in [-0.2, -0.15) is 0 Å². The summed E-state index contributed by atoms with van der Waals surface area (Å²) in [6.45, 7) is 3.76. The van der Waals surface area contributed by atoms with Crippen LogP contribution in [0.2, 0.25) is 0 Å². The predicted octanol–water partition coefficient (Wildman–Crippen LogP) is 4.52. The number of nitrogens with zero attached hydrogens (tertiary/aromatic N) is 2. The number of hydrogen-bond acceptors (Lipinski definition) is 3. The molecule has 1 N–H and O–H groups in total. The molecule has 1 aromatic carbocycles. The molecule has 5 heteroatoms. The summed E-state index contributed by atoms with van der Waals surface area (Å²) in [4.78, 5) is 18.7. The van der Waals surface area contributed by atoms with Gasteiger partial charge in [0.1, 0.15) is 5.82 Å². The fourth-order valence-corrected chi connectivity index (χ4v) is 3.07. The van der Waals surface area contributed by atoms with Gasteiger partial charge in [-0.3, -0.25) is 4.79 Å². The number of hydrogen-bond donors (Lipinski definition) is 1. The van der Waals surface area contributed by atoms with Gasteiger partial charge >= 0.3 is 0 Å². The van der Waals surface area contributed by atoms with Crippen LogP contribution in [0.5, 0.6) is 0 Å². The van der Waals surface area contributed by atoms with E-state index < -0.39 is 0 Å². The van der Waals surface area contributed by atoms with Gasteiger partial charge in [-0.1, -0.05) is 22.0 Å². The highest BCUT2D eigenvalue weighted by molar-refractivity contribution is 9.10. The molecule has 1 fully saturated rings. The van der Waals surface area contributed by atoms with Crippen molar-refractivity contribution in [3.05, 3.63) is 52.1 Å². The summed E-state index contributed by atoms with van der Waals surface area (Å²) in [6.07, 6.45) is 5.07. The van der Waals surface area contributed by atoms with Crippen molar-refractivity contribution < 1.29 is 4.79 Å². The molecule has 3 rings (SSSR count). The highest BCUT2D eigenvalue weighted by Gasteiger charge is 2.18. The number of carbonyl (C=O) groups excluding carboxylic acids is 1. The van der Waals surface area contributed by atoms with Crippen LogP contribution in [-0.2, 0) is 0 Å². The van der Waals surface area contributed by atoms with Gasteiger partial charge in [0, 0.05) is 29.4 Å². The summed E-state index contributed by atoms with van der Waals surface area (Å²) in [6, 6.07) is 9.76. The minimum Gasteiger partial charge on any atom is -0.340 e. The molecule has 2 heterocycles. The van der Waals surface area contributed by atoms with Crippen molar-refractivity contribution in [2.75, 3.05) is 18.4 Å². The van der Waals surface area contributed by atoms with Gasteiger partial charge in [0.05, 0.1) is 5.56 Å². The van der Waals surface area contributed by atoms with E-state index in [1.54, 1.807) is 6.20 Å². The molecule has 23 heavy (non-hydrogen) atoms. The minimum atomic E-state index is 0.0850. The number of carbonyl (C=O) groups is 1. The number of halogens is 1. The van der Waals surface area contributed by atoms with E-state index >= 15 is 0 Å². The van der Waals surface area contributed by atoms with Crippen molar-refractivity contribution >= 4 is 33.3 Å². The molecule has 0 radical (unpaired) electrons. The molecule has 1 aliphatic rings. The van der Waals surface area contributed by atoms with E-state index in [1.807, 2.05) is 42.2 Å². The summed E-state index contributed by atoms with van der Waals surface area (Å²) >= 11 is 3.52. The van der Waals surface area contributed by atoms with Crippen LogP contribution in [-0.4, -0.2) is 28.9 Å². The molecule has 1 aromatic heterocycles. The largest absolute Gasteiger partial charge is 0.340 e. The molecule has 0 unspecified atom stereocenters. The minimum absolute atomic E-state index is 0.0850. The average molecular weight is 374 g/mol. The van der Waals surface area contributed by atoms with Gasteiger partial charge in [-0.15, -0.1) is 0 Å². The van der Waals surface area contributed by atoms with Crippen molar-refractivity contribution in [2.24, 2.45) is 0 Å². The number of nitrogens with one attached hydrogen (secondary N) is 1. The quantitative estimate of drug-likeness (QED) is 0.859. The van der Waals surface area contributed by atoms with Gasteiger partial charge in [0.2, 0.25) is 0 Å². The van der Waals surface area contributed by atoms with E-state index in [1.165, 1.54) is 12.0 Å². The first-order chi connectivity index (χ1) is 11.1. The maximum atomic E-state index is 12.4. The van der Waals surface area contributed by atoms with E-state index in [4.69, 9.17) is 0 Å². The van der Waals surface area contributed by atoms with Crippen LogP contribution in [0.15, 0.2) is 41.0 Å². The molecule has 4 nitrogen and oxygen atoms in total. The summed E-state index contributed by atoms with van der Waals surface area (Å²) in [7, 11) is 0. The van der Waals surface area contributed by atoms with E-state index in [9.17, 15) is 4.79 Å². The first kappa shape index (κ1) is 16.0. The second-order valence-electron chi connectivity index (χ2n) is 5.87. The second-order valence-corrected chi connectivity index (χ2v) is 6.73. The fourth-order valence-electron chi connectivity index (χ4n) is 2.69. The van der Waals surface area contributed by atoms with Crippen molar-refractivity contribution in [1.82, 2.24) is 9.88 Å². The molecule has 1 saturated heterocycles. The molecule has 1 aliphatic heterocycles. The van der Waals surface area contributed by atoms with Crippen LogP contribution in [0.4, 0.5) is 11.5 Å². The monoisotopic (exact) mass is 373 g/mol. The maximum absolute atomic E-state index is 12.4. The predicted molar refractivity (Wildman–Crippen MR) is 96.2 cm³/mol. The lowest BCUT2D eigenvalue weighted by molar-refractivity contribution is 0.0724. The molecular formula is C18H20BrN3O. The van der Waals surface area contributed by atoms with Crippen molar-refractivity contribution in [3.8, 4) is 0 Å². The van der Waals surface area contributed by atoms with Gasteiger partial charge in [0.15, 0.2) is 0 Å². The molecular weight excluding hydrogens is 354 g/mol. The number of piperidine rings is 1. The van der Waals surface area contributed by atoms with E-state index in [0.717, 1.165) is 41.9 Å². The highest BCUT2D eigenvalue weighted by Crippen LogP contribution is 2.23. The Morgan fingerprint density at radius 2 is 1.96 bits per heavy atom. The zero-order valence-electron chi connectivity index (χ0n) is 13.2. The van der Waals surface area contributed by atoms with Crippen LogP contribution in [0.1, 0.15) is 35.2 Å². The fraction of sp³-hybridized carbons (Fsp3) is 0.333. The summed E-state index contributed by atoms with van der Waals surface area (Å²) in [5, 5.41) is 3.25. The van der Waals surface area contributed by atoms with Gasteiger partial charge in [-0.25, -0.2) is 4.98 Å². The van der Waals surface area contributed by atoms with E-state index in [0.29, 0.717) is 5.56 Å². The first-order valence-corrected chi connectivity index (χ1v) is 8.71. The Hall–Kier alpha value is -1.88. The van der Waals surface area contributed by atoms with Crippen LogP contribution >= 0.6 is 15.9 Å². The van der Waals surface area contributed by atoms with Crippen molar-refractivity contribution in [1.29, 1.82) is 0 Å². The Bertz CT molecular complexity index is 694. The Morgan fingerprint density at radius 3 is 2.61 bits per heavy atom. The second kappa shape index (κ2) is 7.13. The van der Waals surface area contributed by atoms with Crippen LogP contribution < -0.4 is 5.32 Å². The molecule has 0 bridgehead atoms. The number of aromatic nitrogens is 1. The van der Waals surface area contributed by atoms with Gasteiger partial charge < -0.3 is 10.2 Å². The summed E-state index contributed by atoms with van der Waals surface area (Å²) in [5.74, 6) is 0.817. The van der Waals surface area contributed by atoms with Gasteiger partial charge in [0.25, 0.3) is 5.91 Å². The third-order valence-corrected chi connectivity index (χ3v) is 4.95. The number of likely N-dealkylation sites (tertiary alicyclic amines) is 1. The zero-order valence-corrected chi connectivity index (χ0v) is 14.8. The number of pyridine rings is 1. The molecule has 2 aromatic rings. The van der Waals surface area contributed by atoms with Gasteiger partial charge in [-0.05, 0) is 56.0 Å². The maximum Gasteiger partial charge on any atom is 0.255 e. The van der Waals surface area contributed by atoms with Crippen LogP contribution in [0.3, 0.4) is 0 Å². The Kier molecular flexibility index (Phi) is 4.96. The van der Waals surface area contributed by atoms with Crippen molar-refractivity contribution in [2.45, 2.75) is 26.2 Å². The van der Waals surface area contributed by atoms with Crippen molar-refractivity contribution in [3.63, 3.8) is 0 Å². The molecule has 1 amide bonds. The number of aryl methyl sites for hydroxylation is 1. The van der Waals surface area contributed by atoms with Crippen LogP contribution in [0.25, 0.3) is 0 Å². The smallest absolute Gasteiger partial charge is 0.255 e. The lowest BCUT2D eigenvalue weighted by Crippen LogP contribution is -2.35. The topological polar surface area (TPSA) is 45.2 Å². The molecule has 0 saturated carbocycles. The summed E-state index contributed by atoms with van der Waals surface area (Å²) in [5.41, 5.74) is 2.80. The average Bonchev–Trinajstić information content (AvgIpc) is 2.59. The van der Waals surface area contributed by atoms with E-state index in [-0.39, 0.29) is 5.91 Å². The van der Waals surface area contributed by atoms with E-state index in [2.05, 4.69) is 26.2 Å². The third-order valence-electron chi connectivity index (χ3n) is 4.10. The normalized spacial score (nSPS) is 14.6. The highest BCUT2D eigenvalue weighted by atomic mass is 79.9. The molecule has 0 atom stereocenters. The Morgan fingerprint density at radius 1 is 1.17 bits per heavy atom. The standard InChI is InChI=1S/C18H20BrN3O/c1-13-5-7-15(11-16(13)19)21-17-8-6-14(12-20-17)18(23)22-9-3-2-4-10-22/h5-8,11-12H,2-4,9-10H2,1H3,(H,20,21). The lowest BCUT2D eigenvalue weighted by Gasteiger charge is -2.26. The number of amides is 1. The lowest BCUT2D eigenvalue weighted by atomic mass is 10.1. The van der Waals surface area contributed by atoms with Crippen LogP contribution in [0, 0.1) is 6.92 Å². The molecule has 120 valence electrons. The first-order valence-electron chi connectivity index (χ1n) is 7.92.